The van der Waals surface area contributed by atoms with Gasteiger partial charge in [0.2, 0.25) is 0 Å². The molecule has 0 radical (unpaired) electrons. The van der Waals surface area contributed by atoms with Crippen molar-refractivity contribution in [1.82, 2.24) is 4.90 Å². The zero-order chi connectivity index (χ0) is 20.4. The Bertz CT molecular complexity index is 946. The highest BCUT2D eigenvalue weighted by atomic mass is 16.5. The van der Waals surface area contributed by atoms with E-state index in [1.807, 2.05) is 39.0 Å². The second-order valence-electron chi connectivity index (χ2n) is 6.88. The van der Waals surface area contributed by atoms with Gasteiger partial charge in [-0.15, -0.1) is 0 Å². The number of rotatable bonds is 6. The normalized spacial score (nSPS) is 14.1. The number of ether oxygens (including phenoxy) is 2. The SMILES string of the molecule is COc1ccc(C2=C(Nc3cc(C)ccc3OC)C(=O)N(C(C)C)C2=O)cc1. The first-order valence-corrected chi connectivity index (χ1v) is 9.05. The number of amides is 2. The molecule has 0 bridgehead atoms. The van der Waals surface area contributed by atoms with Crippen LogP contribution in [0.5, 0.6) is 11.5 Å². The lowest BCUT2D eigenvalue weighted by atomic mass is 10.0. The average molecular weight is 380 g/mol. The molecule has 2 amide bonds. The Morgan fingerprint density at radius 3 is 2.18 bits per heavy atom. The van der Waals surface area contributed by atoms with E-state index in [1.54, 1.807) is 38.5 Å². The molecule has 1 heterocycles. The molecule has 0 atom stereocenters. The van der Waals surface area contributed by atoms with Crippen LogP contribution >= 0.6 is 0 Å². The Morgan fingerprint density at radius 1 is 0.929 bits per heavy atom. The van der Waals surface area contributed by atoms with Crippen LogP contribution in [-0.4, -0.2) is 37.0 Å². The van der Waals surface area contributed by atoms with Crippen LogP contribution in [0.4, 0.5) is 5.69 Å². The lowest BCUT2D eigenvalue weighted by Crippen LogP contribution is -2.38. The van der Waals surface area contributed by atoms with Crippen LogP contribution in [0.2, 0.25) is 0 Å². The van der Waals surface area contributed by atoms with Gasteiger partial charge in [-0.25, -0.2) is 0 Å². The van der Waals surface area contributed by atoms with Crippen LogP contribution in [0.1, 0.15) is 25.0 Å². The van der Waals surface area contributed by atoms with Gasteiger partial charge in [-0.3, -0.25) is 14.5 Å². The summed E-state index contributed by atoms with van der Waals surface area (Å²) in [5.74, 6) is 0.598. The van der Waals surface area contributed by atoms with Crippen molar-refractivity contribution in [1.29, 1.82) is 0 Å². The molecule has 1 aliphatic rings. The van der Waals surface area contributed by atoms with Crippen molar-refractivity contribution < 1.29 is 19.1 Å². The number of methoxy groups -OCH3 is 2. The van der Waals surface area contributed by atoms with Crippen molar-refractivity contribution in [3.05, 3.63) is 59.3 Å². The van der Waals surface area contributed by atoms with E-state index in [9.17, 15) is 9.59 Å². The molecule has 0 saturated carbocycles. The highest BCUT2D eigenvalue weighted by Crippen LogP contribution is 2.35. The first-order chi connectivity index (χ1) is 13.4. The van der Waals surface area contributed by atoms with Crippen molar-refractivity contribution in [2.24, 2.45) is 0 Å². The predicted octanol–water partition coefficient (Wildman–Crippen LogP) is 3.61. The minimum Gasteiger partial charge on any atom is -0.497 e. The summed E-state index contributed by atoms with van der Waals surface area (Å²) in [6.07, 6.45) is 0. The molecular formula is C22H24N2O4. The van der Waals surface area contributed by atoms with Gasteiger partial charge in [0, 0.05) is 6.04 Å². The Balaban J connectivity index is 2.13. The first-order valence-electron chi connectivity index (χ1n) is 9.05. The van der Waals surface area contributed by atoms with E-state index >= 15 is 0 Å². The third-order valence-corrected chi connectivity index (χ3v) is 4.63. The summed E-state index contributed by atoms with van der Waals surface area (Å²) in [7, 11) is 3.15. The van der Waals surface area contributed by atoms with Gasteiger partial charge in [-0.1, -0.05) is 18.2 Å². The Labute approximate surface area is 164 Å². The van der Waals surface area contributed by atoms with E-state index in [2.05, 4.69) is 5.32 Å². The van der Waals surface area contributed by atoms with E-state index in [-0.39, 0.29) is 23.6 Å². The molecule has 0 unspecified atom stereocenters. The summed E-state index contributed by atoms with van der Waals surface area (Å²) in [5, 5.41) is 3.15. The van der Waals surface area contributed by atoms with Gasteiger partial charge in [0.15, 0.2) is 0 Å². The lowest BCUT2D eigenvalue weighted by molar-refractivity contribution is -0.138. The zero-order valence-electron chi connectivity index (χ0n) is 16.7. The van der Waals surface area contributed by atoms with Gasteiger partial charge in [0.1, 0.15) is 17.2 Å². The molecule has 2 aromatic carbocycles. The molecule has 2 aromatic rings. The predicted molar refractivity (Wildman–Crippen MR) is 108 cm³/mol. The molecular weight excluding hydrogens is 356 g/mol. The molecule has 0 aromatic heterocycles. The summed E-state index contributed by atoms with van der Waals surface area (Å²) in [6, 6.07) is 12.5. The molecule has 0 spiro atoms. The largest absolute Gasteiger partial charge is 0.497 e. The van der Waals surface area contributed by atoms with Crippen molar-refractivity contribution in [3.63, 3.8) is 0 Å². The summed E-state index contributed by atoms with van der Waals surface area (Å²) in [4.78, 5) is 27.4. The highest BCUT2D eigenvalue weighted by Gasteiger charge is 2.40. The number of hydrogen-bond acceptors (Lipinski definition) is 5. The minimum absolute atomic E-state index is 0.243. The topological polar surface area (TPSA) is 67.9 Å². The standard InChI is InChI=1S/C22H24N2O4/c1-13(2)24-21(25)19(15-7-9-16(27-4)10-8-15)20(22(24)26)23-17-12-14(3)6-11-18(17)28-5/h6-13,23H,1-5H3. The van der Waals surface area contributed by atoms with Crippen molar-refractivity contribution in [2.45, 2.75) is 26.8 Å². The third kappa shape index (κ3) is 3.45. The quantitative estimate of drug-likeness (QED) is 0.776. The van der Waals surface area contributed by atoms with Crippen molar-refractivity contribution in [2.75, 3.05) is 19.5 Å². The highest BCUT2D eigenvalue weighted by molar-refractivity contribution is 6.36. The number of nitrogens with zero attached hydrogens (tertiary/aromatic N) is 1. The van der Waals surface area contributed by atoms with E-state index < -0.39 is 0 Å². The van der Waals surface area contributed by atoms with E-state index in [1.165, 1.54) is 4.90 Å². The monoisotopic (exact) mass is 380 g/mol. The van der Waals surface area contributed by atoms with Crippen molar-refractivity contribution in [3.8, 4) is 11.5 Å². The molecule has 6 heteroatoms. The summed E-state index contributed by atoms with van der Waals surface area (Å²) >= 11 is 0. The van der Waals surface area contributed by atoms with Crippen molar-refractivity contribution >= 4 is 23.1 Å². The second-order valence-corrected chi connectivity index (χ2v) is 6.88. The maximum atomic E-state index is 13.1. The summed E-state index contributed by atoms with van der Waals surface area (Å²) in [5.41, 5.74) is 2.87. The molecule has 1 N–H and O–H groups in total. The van der Waals surface area contributed by atoms with Gasteiger partial charge in [-0.05, 0) is 56.2 Å². The van der Waals surface area contributed by atoms with Gasteiger partial charge >= 0.3 is 0 Å². The Morgan fingerprint density at radius 2 is 1.61 bits per heavy atom. The molecule has 6 nitrogen and oxygen atoms in total. The molecule has 0 saturated heterocycles. The fourth-order valence-corrected chi connectivity index (χ4v) is 3.21. The minimum atomic E-state index is -0.352. The van der Waals surface area contributed by atoms with Gasteiger partial charge < -0.3 is 14.8 Å². The molecule has 0 aliphatic carbocycles. The number of benzene rings is 2. The smallest absolute Gasteiger partial charge is 0.278 e. The van der Waals surface area contributed by atoms with Gasteiger partial charge in [0.05, 0.1) is 25.5 Å². The maximum Gasteiger partial charge on any atom is 0.278 e. The number of hydrogen-bond donors (Lipinski definition) is 1. The Kier molecular flexibility index (Phi) is 5.40. The van der Waals surface area contributed by atoms with E-state index in [4.69, 9.17) is 9.47 Å². The zero-order valence-corrected chi connectivity index (χ0v) is 16.7. The number of anilines is 1. The third-order valence-electron chi connectivity index (χ3n) is 4.63. The summed E-state index contributed by atoms with van der Waals surface area (Å²) in [6.45, 7) is 5.58. The molecule has 0 fully saturated rings. The number of carbonyl (C=O) groups is 2. The maximum absolute atomic E-state index is 13.1. The molecule has 3 rings (SSSR count). The van der Waals surface area contributed by atoms with Crippen LogP contribution in [-0.2, 0) is 9.59 Å². The van der Waals surface area contributed by atoms with Crippen LogP contribution in [0.3, 0.4) is 0 Å². The molecule has 28 heavy (non-hydrogen) atoms. The fraction of sp³-hybridized carbons (Fsp3) is 0.273. The summed E-state index contributed by atoms with van der Waals surface area (Å²) < 4.78 is 10.6. The van der Waals surface area contributed by atoms with Gasteiger partial charge in [-0.2, -0.15) is 0 Å². The number of carbonyl (C=O) groups excluding carboxylic acids is 2. The van der Waals surface area contributed by atoms with Crippen LogP contribution < -0.4 is 14.8 Å². The first kappa shape index (κ1) is 19.5. The van der Waals surface area contributed by atoms with Crippen LogP contribution in [0.25, 0.3) is 5.57 Å². The number of imide groups is 1. The average Bonchev–Trinajstić information content (AvgIpc) is 2.92. The van der Waals surface area contributed by atoms with Crippen LogP contribution in [0, 0.1) is 6.92 Å². The number of nitrogens with one attached hydrogen (secondary N) is 1. The van der Waals surface area contributed by atoms with E-state index in [0.29, 0.717) is 28.3 Å². The second kappa shape index (κ2) is 7.76. The Hall–Kier alpha value is -3.28. The lowest BCUT2D eigenvalue weighted by Gasteiger charge is -2.19. The van der Waals surface area contributed by atoms with Crippen LogP contribution in [0.15, 0.2) is 48.2 Å². The van der Waals surface area contributed by atoms with E-state index in [0.717, 1.165) is 5.56 Å². The molecule has 1 aliphatic heterocycles. The molecule has 146 valence electrons. The fourth-order valence-electron chi connectivity index (χ4n) is 3.21. The number of aryl methyl sites for hydroxylation is 1. The van der Waals surface area contributed by atoms with Gasteiger partial charge in [0.25, 0.3) is 11.8 Å².